The lowest BCUT2D eigenvalue weighted by Gasteiger charge is -2.23. The van der Waals surface area contributed by atoms with Gasteiger partial charge in [0.1, 0.15) is 0 Å². The van der Waals surface area contributed by atoms with E-state index >= 15 is 0 Å². The Hall–Kier alpha value is -2.83. The maximum atomic E-state index is 12.4. The smallest absolute Gasteiger partial charge is 0.251 e. The predicted octanol–water partition coefficient (Wildman–Crippen LogP) is 4.59. The van der Waals surface area contributed by atoms with Gasteiger partial charge in [0.15, 0.2) is 0 Å². The first-order chi connectivity index (χ1) is 14.7. The highest BCUT2D eigenvalue weighted by Crippen LogP contribution is 2.21. The van der Waals surface area contributed by atoms with E-state index in [1.807, 2.05) is 55.5 Å². The molecule has 31 heavy (non-hydrogen) atoms. The highest BCUT2D eigenvalue weighted by molar-refractivity contribution is 7.92. The number of aryl methyl sites for hydroxylation is 1. The average Bonchev–Trinajstić information content (AvgIpc) is 2.74. The van der Waals surface area contributed by atoms with Crippen molar-refractivity contribution in [3.63, 3.8) is 0 Å². The van der Waals surface area contributed by atoms with Crippen molar-refractivity contribution in [2.24, 2.45) is 0 Å². The summed E-state index contributed by atoms with van der Waals surface area (Å²) in [6, 6.07) is 21.8. The molecule has 3 aromatic rings. The fraction of sp³-hybridized carbons (Fsp3) is 0.208. The van der Waals surface area contributed by atoms with Crippen LogP contribution in [-0.4, -0.2) is 27.1 Å². The standard InChI is InChI=1S/C24H25ClN2O3S/c1-18-3-5-20(6-4-18)17-27(31(2,29)30)23-13-9-21(10-14-23)24(28)26-16-15-19-7-11-22(25)12-8-19/h3-14H,15-17H2,1-2H3,(H,26,28). The van der Waals surface area contributed by atoms with Crippen LogP contribution in [0.1, 0.15) is 27.0 Å². The van der Waals surface area contributed by atoms with Crippen LogP contribution >= 0.6 is 11.6 Å². The minimum atomic E-state index is -3.48. The molecule has 162 valence electrons. The summed E-state index contributed by atoms with van der Waals surface area (Å²) in [6.45, 7) is 2.70. The van der Waals surface area contributed by atoms with Gasteiger partial charge in [0.2, 0.25) is 10.0 Å². The average molecular weight is 457 g/mol. The van der Waals surface area contributed by atoms with Gasteiger partial charge in [-0.1, -0.05) is 53.6 Å². The molecule has 3 aromatic carbocycles. The molecule has 1 amide bonds. The molecular formula is C24H25ClN2O3S. The Balaban J connectivity index is 1.65. The van der Waals surface area contributed by atoms with Crippen LogP contribution < -0.4 is 9.62 Å². The molecule has 0 radical (unpaired) electrons. The fourth-order valence-electron chi connectivity index (χ4n) is 3.11. The van der Waals surface area contributed by atoms with Crippen LogP contribution in [0.15, 0.2) is 72.8 Å². The summed E-state index contributed by atoms with van der Waals surface area (Å²) in [7, 11) is -3.48. The molecular weight excluding hydrogens is 432 g/mol. The van der Waals surface area contributed by atoms with Gasteiger partial charge in [-0.3, -0.25) is 9.10 Å². The second-order valence-electron chi connectivity index (χ2n) is 7.43. The van der Waals surface area contributed by atoms with Crippen LogP contribution in [0.5, 0.6) is 0 Å². The first-order valence-corrected chi connectivity index (χ1v) is 12.1. The van der Waals surface area contributed by atoms with E-state index in [0.717, 1.165) is 16.7 Å². The number of sulfonamides is 1. The molecule has 0 aliphatic rings. The third-order valence-corrected chi connectivity index (χ3v) is 6.27. The second kappa shape index (κ2) is 9.98. The number of hydrogen-bond acceptors (Lipinski definition) is 3. The first kappa shape index (κ1) is 22.8. The molecule has 0 saturated carbocycles. The monoisotopic (exact) mass is 456 g/mol. The maximum Gasteiger partial charge on any atom is 0.251 e. The van der Waals surface area contributed by atoms with E-state index < -0.39 is 10.0 Å². The van der Waals surface area contributed by atoms with Crippen LogP contribution in [0.3, 0.4) is 0 Å². The first-order valence-electron chi connectivity index (χ1n) is 9.88. The maximum absolute atomic E-state index is 12.4. The number of carbonyl (C=O) groups is 1. The van der Waals surface area contributed by atoms with Crippen LogP contribution in [0.2, 0.25) is 5.02 Å². The Morgan fingerprint density at radius 2 is 1.48 bits per heavy atom. The van der Waals surface area contributed by atoms with Gasteiger partial charge in [0.25, 0.3) is 5.91 Å². The highest BCUT2D eigenvalue weighted by Gasteiger charge is 2.18. The summed E-state index contributed by atoms with van der Waals surface area (Å²) in [5, 5.41) is 3.56. The molecule has 0 aliphatic carbocycles. The molecule has 5 nitrogen and oxygen atoms in total. The number of amides is 1. The van der Waals surface area contributed by atoms with Crippen molar-refractivity contribution in [1.82, 2.24) is 5.32 Å². The minimum Gasteiger partial charge on any atom is -0.352 e. The highest BCUT2D eigenvalue weighted by atomic mass is 35.5. The largest absolute Gasteiger partial charge is 0.352 e. The molecule has 0 spiro atoms. The third-order valence-electron chi connectivity index (χ3n) is 4.88. The van der Waals surface area contributed by atoms with Gasteiger partial charge < -0.3 is 5.32 Å². The van der Waals surface area contributed by atoms with Crippen LogP contribution in [0.4, 0.5) is 5.69 Å². The van der Waals surface area contributed by atoms with E-state index in [4.69, 9.17) is 11.6 Å². The Kier molecular flexibility index (Phi) is 7.36. The SMILES string of the molecule is Cc1ccc(CN(c2ccc(C(=O)NCCc3ccc(Cl)cc3)cc2)S(C)(=O)=O)cc1. The summed E-state index contributed by atoms with van der Waals surface area (Å²) in [6.07, 6.45) is 1.87. The normalized spacial score (nSPS) is 11.2. The molecule has 0 aromatic heterocycles. The van der Waals surface area contributed by atoms with Gasteiger partial charge in [-0.25, -0.2) is 8.42 Å². The molecule has 3 rings (SSSR count). The van der Waals surface area contributed by atoms with Crippen molar-refractivity contribution >= 4 is 33.2 Å². The quantitative estimate of drug-likeness (QED) is 0.539. The zero-order valence-electron chi connectivity index (χ0n) is 17.5. The second-order valence-corrected chi connectivity index (χ2v) is 9.78. The van der Waals surface area contributed by atoms with Gasteiger partial charge in [0.05, 0.1) is 18.5 Å². The number of hydrogen-bond donors (Lipinski definition) is 1. The molecule has 7 heteroatoms. The van der Waals surface area contributed by atoms with E-state index in [2.05, 4.69) is 5.32 Å². The Bertz CT molecular complexity index is 1130. The van der Waals surface area contributed by atoms with Crippen molar-refractivity contribution in [3.8, 4) is 0 Å². The summed E-state index contributed by atoms with van der Waals surface area (Å²) in [5.41, 5.74) is 4.07. The topological polar surface area (TPSA) is 66.5 Å². The zero-order chi connectivity index (χ0) is 22.4. The zero-order valence-corrected chi connectivity index (χ0v) is 19.1. The van der Waals surface area contributed by atoms with Gasteiger partial charge >= 0.3 is 0 Å². The van der Waals surface area contributed by atoms with Crippen LogP contribution in [0, 0.1) is 6.92 Å². The van der Waals surface area contributed by atoms with Gasteiger partial charge in [-0.15, -0.1) is 0 Å². The van der Waals surface area contributed by atoms with E-state index in [0.29, 0.717) is 29.2 Å². The summed E-state index contributed by atoms with van der Waals surface area (Å²) in [4.78, 5) is 12.4. The molecule has 0 heterocycles. The van der Waals surface area contributed by atoms with Gasteiger partial charge in [0, 0.05) is 17.1 Å². The number of rotatable bonds is 8. The number of nitrogens with zero attached hydrogens (tertiary/aromatic N) is 1. The van der Waals surface area contributed by atoms with Crippen molar-refractivity contribution in [2.75, 3.05) is 17.1 Å². The molecule has 0 atom stereocenters. The number of carbonyl (C=O) groups excluding carboxylic acids is 1. The van der Waals surface area contributed by atoms with E-state index in [-0.39, 0.29) is 12.5 Å². The lowest BCUT2D eigenvalue weighted by atomic mass is 10.1. The third kappa shape index (κ3) is 6.57. The van der Waals surface area contributed by atoms with E-state index in [9.17, 15) is 13.2 Å². The minimum absolute atomic E-state index is 0.204. The Labute approximate surface area is 188 Å². The number of halogens is 1. The molecule has 1 N–H and O–H groups in total. The molecule has 0 saturated heterocycles. The van der Waals surface area contributed by atoms with Crippen molar-refractivity contribution in [1.29, 1.82) is 0 Å². The van der Waals surface area contributed by atoms with Gasteiger partial charge in [-0.05, 0) is 60.9 Å². The van der Waals surface area contributed by atoms with E-state index in [1.54, 1.807) is 24.3 Å². The molecule has 0 unspecified atom stereocenters. The van der Waals surface area contributed by atoms with Crippen molar-refractivity contribution in [3.05, 3.63) is 100 Å². The molecule has 0 fully saturated rings. The number of nitrogens with one attached hydrogen (secondary N) is 1. The fourth-order valence-corrected chi connectivity index (χ4v) is 4.13. The van der Waals surface area contributed by atoms with Crippen molar-refractivity contribution < 1.29 is 13.2 Å². The van der Waals surface area contributed by atoms with Crippen LogP contribution in [0.25, 0.3) is 0 Å². The Morgan fingerprint density at radius 3 is 2.06 bits per heavy atom. The molecule has 0 aliphatic heterocycles. The summed E-state index contributed by atoms with van der Waals surface area (Å²) < 4.78 is 26.0. The Morgan fingerprint density at radius 1 is 0.903 bits per heavy atom. The predicted molar refractivity (Wildman–Crippen MR) is 126 cm³/mol. The van der Waals surface area contributed by atoms with Crippen LogP contribution in [-0.2, 0) is 23.0 Å². The van der Waals surface area contributed by atoms with Gasteiger partial charge in [-0.2, -0.15) is 0 Å². The summed E-state index contributed by atoms with van der Waals surface area (Å²) in [5.74, 6) is -0.204. The molecule has 0 bridgehead atoms. The van der Waals surface area contributed by atoms with Crippen molar-refractivity contribution in [2.45, 2.75) is 19.9 Å². The van der Waals surface area contributed by atoms with E-state index in [1.165, 1.54) is 10.6 Å². The summed E-state index contributed by atoms with van der Waals surface area (Å²) >= 11 is 5.88. The lowest BCUT2D eigenvalue weighted by Crippen LogP contribution is -2.29. The number of benzene rings is 3. The number of anilines is 1. The lowest BCUT2D eigenvalue weighted by molar-refractivity contribution is 0.0954.